The molecule has 0 unspecified atom stereocenters. The van der Waals surface area contributed by atoms with Gasteiger partial charge in [0.15, 0.2) is 0 Å². The zero-order valence-corrected chi connectivity index (χ0v) is 10.3. The Balaban J connectivity index is 0. The third-order valence-corrected chi connectivity index (χ3v) is 0.940. The van der Waals surface area contributed by atoms with Crippen LogP contribution in [-0.4, -0.2) is 11.3 Å². The molecule has 12 heavy (non-hydrogen) atoms. The minimum atomic E-state index is -2.08. The van der Waals surface area contributed by atoms with Crippen molar-refractivity contribution in [2.75, 3.05) is 0 Å². The van der Waals surface area contributed by atoms with E-state index in [1.165, 1.54) is 5.56 Å². The minimum absolute atomic E-state index is 0. The van der Waals surface area contributed by atoms with Gasteiger partial charge in [0.05, 0.1) is 0 Å². The maximum Gasteiger partial charge on any atom is 1.00 e. The molecule has 0 amide bonds. The Morgan fingerprint density at radius 2 is 1.67 bits per heavy atom. The van der Waals surface area contributed by atoms with Crippen molar-refractivity contribution in [2.45, 2.75) is 6.92 Å². The van der Waals surface area contributed by atoms with Crippen LogP contribution < -0.4 is 56.5 Å². The summed E-state index contributed by atoms with van der Waals surface area (Å²) in [5, 5.41) is 15.3. The van der Waals surface area contributed by atoms with Crippen LogP contribution in [0.4, 0.5) is 4.79 Å². The number of hydrogen-bond donors (Lipinski definition) is 1. The zero-order valence-electron chi connectivity index (χ0n) is 7.15. The van der Waals surface area contributed by atoms with Gasteiger partial charge in [0.2, 0.25) is 6.16 Å². The molecule has 0 bridgehead atoms. The Morgan fingerprint density at radius 1 is 1.33 bits per heavy atom. The smallest absolute Gasteiger partial charge is 0.565 e. The summed E-state index contributed by atoms with van der Waals surface area (Å²) in [7, 11) is 0. The van der Waals surface area contributed by atoms with Crippen LogP contribution in [0.5, 0.6) is 0 Å². The standard InChI is InChI=1S/C7H8.CH2O3.K/c1-7-5-3-2-4-6-7;2-1(3)4;/h2-6H,1H3;(H2,2,3,4);/q;;+1/p-1. The molecule has 1 aromatic rings. The number of carboxylic acid groups (broad SMARTS) is 2. The summed E-state index contributed by atoms with van der Waals surface area (Å²) in [6.45, 7) is 2.08. The first-order valence-corrected chi connectivity index (χ1v) is 3.04. The van der Waals surface area contributed by atoms with Gasteiger partial charge in [-0.3, -0.25) is 0 Å². The van der Waals surface area contributed by atoms with Crippen LogP contribution in [0.15, 0.2) is 30.3 Å². The van der Waals surface area contributed by atoms with Gasteiger partial charge < -0.3 is 15.0 Å². The van der Waals surface area contributed by atoms with Crippen molar-refractivity contribution in [3.63, 3.8) is 0 Å². The van der Waals surface area contributed by atoms with Gasteiger partial charge in [-0.25, -0.2) is 0 Å². The summed E-state index contributed by atoms with van der Waals surface area (Å²) in [6.07, 6.45) is -2.08. The van der Waals surface area contributed by atoms with Crippen LogP contribution in [-0.2, 0) is 0 Å². The number of aryl methyl sites for hydroxylation is 1. The van der Waals surface area contributed by atoms with Gasteiger partial charge in [-0.05, 0) is 6.92 Å². The van der Waals surface area contributed by atoms with Gasteiger partial charge in [-0.2, -0.15) is 0 Å². The molecule has 0 aliphatic heterocycles. The molecule has 0 aliphatic rings. The Hall–Kier alpha value is 0.126. The second-order valence-corrected chi connectivity index (χ2v) is 1.92. The van der Waals surface area contributed by atoms with E-state index < -0.39 is 6.16 Å². The largest absolute Gasteiger partial charge is 1.00 e. The maximum absolute atomic E-state index is 8.44. The van der Waals surface area contributed by atoms with Crippen molar-refractivity contribution in [3.8, 4) is 0 Å². The zero-order chi connectivity index (χ0) is 8.69. The molecular formula is C8H9KO3. The average Bonchev–Trinajstić information content (AvgIpc) is 1.87. The normalized spacial score (nSPS) is 7.08. The molecule has 0 aliphatic carbocycles. The van der Waals surface area contributed by atoms with Crippen LogP contribution in [0.25, 0.3) is 0 Å². The fraction of sp³-hybridized carbons (Fsp3) is 0.125. The monoisotopic (exact) mass is 192 g/mol. The number of rotatable bonds is 0. The summed E-state index contributed by atoms with van der Waals surface area (Å²) in [5.74, 6) is 0. The van der Waals surface area contributed by atoms with Gasteiger partial charge in [-0.15, -0.1) is 0 Å². The SMILES string of the molecule is Cc1ccccc1.O=C([O-])O.[K+]. The molecule has 0 fully saturated rings. The van der Waals surface area contributed by atoms with Crippen LogP contribution in [0.1, 0.15) is 5.56 Å². The van der Waals surface area contributed by atoms with Crippen LogP contribution in [0, 0.1) is 6.92 Å². The molecule has 1 aromatic carbocycles. The molecule has 0 spiro atoms. The molecule has 0 atom stereocenters. The van der Waals surface area contributed by atoms with Crippen molar-refractivity contribution in [1.82, 2.24) is 0 Å². The molecule has 4 heteroatoms. The van der Waals surface area contributed by atoms with Gasteiger partial charge >= 0.3 is 51.4 Å². The Labute approximate surface area is 114 Å². The van der Waals surface area contributed by atoms with Crippen molar-refractivity contribution in [2.24, 2.45) is 0 Å². The third-order valence-electron chi connectivity index (χ3n) is 0.940. The molecule has 0 saturated heterocycles. The Kier molecular flexibility index (Phi) is 11.2. The van der Waals surface area contributed by atoms with E-state index in [0.29, 0.717) is 0 Å². The van der Waals surface area contributed by atoms with Crippen LogP contribution >= 0.6 is 0 Å². The minimum Gasteiger partial charge on any atom is -0.565 e. The third kappa shape index (κ3) is 12.8. The average molecular weight is 192 g/mol. The summed E-state index contributed by atoms with van der Waals surface area (Å²) < 4.78 is 0. The van der Waals surface area contributed by atoms with E-state index in [-0.39, 0.29) is 51.4 Å². The van der Waals surface area contributed by atoms with Crippen LogP contribution in [0.3, 0.4) is 0 Å². The topological polar surface area (TPSA) is 60.4 Å². The molecule has 3 nitrogen and oxygen atoms in total. The first-order chi connectivity index (χ1) is 5.13. The van der Waals surface area contributed by atoms with Crippen molar-refractivity contribution >= 4 is 6.16 Å². The quantitative estimate of drug-likeness (QED) is 0.478. The van der Waals surface area contributed by atoms with E-state index in [0.717, 1.165) is 0 Å². The van der Waals surface area contributed by atoms with Crippen molar-refractivity contribution < 1.29 is 66.4 Å². The van der Waals surface area contributed by atoms with Gasteiger partial charge in [0.1, 0.15) is 0 Å². The predicted octanol–water partition coefficient (Wildman–Crippen LogP) is -2.11. The number of carbonyl (C=O) groups is 1. The second kappa shape index (κ2) is 9.22. The van der Waals surface area contributed by atoms with E-state index in [1.54, 1.807) is 0 Å². The van der Waals surface area contributed by atoms with Gasteiger partial charge in [0.25, 0.3) is 0 Å². The molecule has 1 N–H and O–H groups in total. The molecule has 0 aromatic heterocycles. The first kappa shape index (κ1) is 14.6. The first-order valence-electron chi connectivity index (χ1n) is 3.04. The van der Waals surface area contributed by atoms with E-state index in [2.05, 4.69) is 19.1 Å². The summed E-state index contributed by atoms with van der Waals surface area (Å²) in [4.78, 5) is 8.44. The molecule has 0 heterocycles. The molecular weight excluding hydrogens is 183 g/mol. The van der Waals surface area contributed by atoms with Crippen molar-refractivity contribution in [1.29, 1.82) is 0 Å². The summed E-state index contributed by atoms with van der Waals surface area (Å²) in [6, 6.07) is 10.3. The molecule has 0 radical (unpaired) electrons. The molecule has 1 rings (SSSR count). The molecule has 60 valence electrons. The van der Waals surface area contributed by atoms with Gasteiger partial charge in [-0.1, -0.05) is 35.9 Å². The van der Waals surface area contributed by atoms with Crippen molar-refractivity contribution in [3.05, 3.63) is 35.9 Å². The maximum atomic E-state index is 8.44. The van der Waals surface area contributed by atoms with E-state index in [4.69, 9.17) is 15.0 Å². The van der Waals surface area contributed by atoms with E-state index >= 15 is 0 Å². The van der Waals surface area contributed by atoms with Crippen LogP contribution in [0.2, 0.25) is 0 Å². The summed E-state index contributed by atoms with van der Waals surface area (Å²) in [5.41, 5.74) is 1.32. The number of benzene rings is 1. The van der Waals surface area contributed by atoms with E-state index in [9.17, 15) is 0 Å². The Bertz CT molecular complexity index is 207. The van der Waals surface area contributed by atoms with E-state index in [1.807, 2.05) is 18.2 Å². The predicted molar refractivity (Wildman–Crippen MR) is 39.2 cm³/mol. The van der Waals surface area contributed by atoms with Gasteiger partial charge in [0, 0.05) is 0 Å². The Morgan fingerprint density at radius 3 is 1.83 bits per heavy atom. The fourth-order valence-corrected chi connectivity index (χ4v) is 0.534. The number of hydrogen-bond acceptors (Lipinski definition) is 2. The summed E-state index contributed by atoms with van der Waals surface area (Å²) >= 11 is 0. The fourth-order valence-electron chi connectivity index (χ4n) is 0.534. The second-order valence-electron chi connectivity index (χ2n) is 1.92. The molecule has 0 saturated carbocycles.